The van der Waals surface area contributed by atoms with Crippen LogP contribution in [0.4, 0.5) is 0 Å². The molecule has 0 amide bonds. The predicted molar refractivity (Wildman–Crippen MR) is 188 cm³/mol. The van der Waals surface area contributed by atoms with Gasteiger partial charge in [-0.2, -0.15) is 4.57 Å². The van der Waals surface area contributed by atoms with Crippen molar-refractivity contribution in [1.29, 1.82) is 0 Å². The number of benzene rings is 6. The van der Waals surface area contributed by atoms with Crippen LogP contribution in [-0.2, 0) is 0 Å². The Morgan fingerprint density at radius 2 is 1.42 bits per heavy atom. The molecule has 220 valence electrons. The average Bonchev–Trinajstić information content (AvgIpc) is 3.64. The Balaban J connectivity index is 1.42. The number of aromatic nitrogens is 2. The molecule has 8 aromatic rings. The zero-order valence-corrected chi connectivity index (χ0v) is 26.0. The Morgan fingerprint density at radius 3 is 2.18 bits per heavy atom. The number of furan rings is 1. The van der Waals surface area contributed by atoms with Crippen LogP contribution in [0.5, 0.6) is 0 Å². The van der Waals surface area contributed by atoms with E-state index in [0.29, 0.717) is 5.56 Å². The van der Waals surface area contributed by atoms with Crippen molar-refractivity contribution in [3.8, 4) is 28.2 Å². The normalized spacial score (nSPS) is 13.3. The third kappa shape index (κ3) is 4.45. The molecule has 0 saturated heterocycles. The Bertz CT molecular complexity index is 2470. The molecule has 0 fully saturated rings. The van der Waals surface area contributed by atoms with Gasteiger partial charge in [0.2, 0.25) is 0 Å². The predicted octanol–water partition coefficient (Wildman–Crippen LogP) is 11.4. The molecule has 3 heteroatoms. The van der Waals surface area contributed by atoms with Gasteiger partial charge in [-0.3, -0.25) is 0 Å². The summed E-state index contributed by atoms with van der Waals surface area (Å²) < 4.78 is 32.9. The highest BCUT2D eigenvalue weighted by atomic mass is 16.3. The summed E-state index contributed by atoms with van der Waals surface area (Å²) >= 11 is 0. The molecular formula is C42H37N2O+. The highest BCUT2D eigenvalue weighted by molar-refractivity contribution is 6.13. The Kier molecular flexibility index (Phi) is 5.64. The molecule has 0 saturated carbocycles. The first-order valence-electron chi connectivity index (χ1n) is 17.2. The van der Waals surface area contributed by atoms with Gasteiger partial charge >= 0.3 is 0 Å². The lowest BCUT2D eigenvalue weighted by Gasteiger charge is -2.20. The van der Waals surface area contributed by atoms with Gasteiger partial charge < -0.3 is 4.42 Å². The fourth-order valence-corrected chi connectivity index (χ4v) is 6.84. The third-order valence-electron chi connectivity index (χ3n) is 9.08. The molecule has 0 aliphatic heterocycles. The van der Waals surface area contributed by atoms with Crippen molar-refractivity contribution in [2.45, 2.75) is 46.4 Å². The van der Waals surface area contributed by atoms with Gasteiger partial charge in [-0.25, -0.2) is 4.98 Å². The number of fused-ring (bicyclic) bond motifs is 5. The van der Waals surface area contributed by atoms with Crippen molar-refractivity contribution < 1.29 is 13.1 Å². The van der Waals surface area contributed by atoms with Crippen LogP contribution >= 0.6 is 0 Å². The quantitative estimate of drug-likeness (QED) is 0.199. The molecule has 0 aliphatic carbocycles. The summed E-state index contributed by atoms with van der Waals surface area (Å²) in [7, 11) is 0. The van der Waals surface area contributed by atoms with Gasteiger partial charge in [-0.05, 0) is 83.1 Å². The van der Waals surface area contributed by atoms with E-state index >= 15 is 0 Å². The maximum atomic E-state index is 7.92. The molecule has 0 spiro atoms. The van der Waals surface area contributed by atoms with Crippen LogP contribution in [0.15, 0.2) is 120 Å². The molecule has 6 aromatic carbocycles. The number of hydrogen-bond acceptors (Lipinski definition) is 1. The van der Waals surface area contributed by atoms with Crippen LogP contribution < -0.4 is 4.57 Å². The molecule has 0 unspecified atom stereocenters. The molecule has 0 bridgehead atoms. The number of para-hydroxylation sites is 3. The van der Waals surface area contributed by atoms with Crippen molar-refractivity contribution in [1.82, 2.24) is 4.98 Å². The van der Waals surface area contributed by atoms with E-state index in [4.69, 9.17) is 8.53 Å². The lowest BCUT2D eigenvalue weighted by Crippen LogP contribution is -2.35. The lowest BCUT2D eigenvalue weighted by molar-refractivity contribution is -0.556. The molecule has 0 aliphatic rings. The van der Waals surface area contributed by atoms with Crippen molar-refractivity contribution in [2.24, 2.45) is 0 Å². The summed E-state index contributed by atoms with van der Waals surface area (Å²) in [6.45, 7) is 6.93. The number of nitrogens with zero attached hydrogens (tertiary/aromatic N) is 1. The van der Waals surface area contributed by atoms with Gasteiger partial charge in [0.05, 0.1) is 0 Å². The van der Waals surface area contributed by atoms with Crippen molar-refractivity contribution >= 4 is 43.7 Å². The molecule has 45 heavy (non-hydrogen) atoms. The van der Waals surface area contributed by atoms with E-state index in [9.17, 15) is 0 Å². The highest BCUT2D eigenvalue weighted by Gasteiger charge is 2.30. The number of aryl methyl sites for hydroxylation is 1. The number of hydrogen-bond donors (Lipinski definition) is 1. The van der Waals surface area contributed by atoms with Crippen LogP contribution in [0.25, 0.3) is 71.9 Å². The van der Waals surface area contributed by atoms with Crippen LogP contribution in [0.2, 0.25) is 0 Å². The minimum absolute atomic E-state index is 0.268. The summed E-state index contributed by atoms with van der Waals surface area (Å²) in [5.41, 5.74) is 11.2. The van der Waals surface area contributed by atoms with Gasteiger partial charge in [0.25, 0.3) is 5.82 Å². The van der Waals surface area contributed by atoms with Gasteiger partial charge in [-0.15, -0.1) is 0 Å². The second-order valence-electron chi connectivity index (χ2n) is 12.7. The molecule has 3 nitrogen and oxygen atoms in total. The van der Waals surface area contributed by atoms with E-state index in [1.165, 1.54) is 27.9 Å². The van der Waals surface area contributed by atoms with Crippen LogP contribution in [0.3, 0.4) is 0 Å². The first-order chi connectivity index (χ1) is 23.1. The molecule has 2 heterocycles. The van der Waals surface area contributed by atoms with Crippen molar-refractivity contribution in [2.75, 3.05) is 0 Å². The molecule has 0 radical (unpaired) electrons. The van der Waals surface area contributed by atoms with Gasteiger partial charge in [0, 0.05) is 26.0 Å². The van der Waals surface area contributed by atoms with Crippen LogP contribution in [0.1, 0.15) is 60.3 Å². The maximum Gasteiger partial charge on any atom is 0.296 e. The van der Waals surface area contributed by atoms with Gasteiger partial charge in [0.15, 0.2) is 16.6 Å². The Labute approximate surface area is 268 Å². The number of aromatic amines is 1. The van der Waals surface area contributed by atoms with E-state index in [2.05, 4.69) is 128 Å². The first-order valence-corrected chi connectivity index (χ1v) is 15.7. The molecule has 8 rings (SSSR count). The van der Waals surface area contributed by atoms with E-state index in [-0.39, 0.29) is 11.8 Å². The summed E-state index contributed by atoms with van der Waals surface area (Å²) in [6.07, 6.45) is 0. The monoisotopic (exact) mass is 588 g/mol. The first kappa shape index (κ1) is 24.2. The standard InChI is InChI=1S/C42H36N2O/c1-25(2)34-21-31(28-12-7-6-8-13-28)22-35(26(3)4)40(34)44-38-17-10-9-16-37(38)43-42(44)33-15-11-14-32-36-23-30-20-27(5)18-19-29(30)24-39(36)45-41(32)33/h6-26H,1-5H3/p+1/i5D3. The third-order valence-corrected chi connectivity index (χ3v) is 9.08. The Hall–Kier alpha value is -5.15. The summed E-state index contributed by atoms with van der Waals surface area (Å²) in [4.78, 5) is 3.79. The highest BCUT2D eigenvalue weighted by Crippen LogP contribution is 2.39. The minimum Gasteiger partial charge on any atom is -0.455 e. The average molecular weight is 589 g/mol. The second kappa shape index (κ2) is 10.5. The topological polar surface area (TPSA) is 32.8 Å². The second-order valence-corrected chi connectivity index (χ2v) is 12.7. The number of imidazole rings is 1. The summed E-state index contributed by atoms with van der Waals surface area (Å²) in [5, 5.41) is 3.77. The largest absolute Gasteiger partial charge is 0.455 e. The summed E-state index contributed by atoms with van der Waals surface area (Å²) in [6, 6.07) is 39.5. The van der Waals surface area contributed by atoms with Crippen LogP contribution in [0, 0.1) is 6.85 Å². The number of rotatable bonds is 5. The Morgan fingerprint density at radius 1 is 0.667 bits per heavy atom. The van der Waals surface area contributed by atoms with Crippen molar-refractivity contribution in [3.63, 3.8) is 0 Å². The summed E-state index contributed by atoms with van der Waals surface area (Å²) in [5.74, 6) is 1.49. The fourth-order valence-electron chi connectivity index (χ4n) is 6.84. The molecule has 2 aromatic heterocycles. The van der Waals surface area contributed by atoms with Gasteiger partial charge in [-0.1, -0.05) is 106 Å². The fraction of sp³-hybridized carbons (Fsp3) is 0.167. The number of nitrogens with one attached hydrogen (secondary N) is 1. The van der Waals surface area contributed by atoms with E-state index in [1.807, 2.05) is 12.1 Å². The molecular weight excluding hydrogens is 548 g/mol. The smallest absolute Gasteiger partial charge is 0.296 e. The molecule has 1 N–H and O–H groups in total. The molecule has 0 atom stereocenters. The minimum atomic E-state index is -2.17. The lowest BCUT2D eigenvalue weighted by atomic mass is 9.88. The van der Waals surface area contributed by atoms with Crippen molar-refractivity contribution in [3.05, 3.63) is 132 Å². The van der Waals surface area contributed by atoms with Gasteiger partial charge in [0.1, 0.15) is 16.8 Å². The van der Waals surface area contributed by atoms with E-state index in [0.717, 1.165) is 55.1 Å². The van der Waals surface area contributed by atoms with E-state index < -0.39 is 6.85 Å². The van der Waals surface area contributed by atoms with Crippen LogP contribution in [-0.4, -0.2) is 4.98 Å². The SMILES string of the molecule is [2H]C([2H])([2H])c1ccc2cc3oc4c(-c5[nH]c6ccccc6[n+]5-c5c(C(C)C)cc(-c6ccccc6)cc5C(C)C)cccc4c3cc2c1. The zero-order chi connectivity index (χ0) is 33.3. The maximum absolute atomic E-state index is 7.92. The van der Waals surface area contributed by atoms with E-state index in [1.54, 1.807) is 12.1 Å². The number of H-pyrrole nitrogens is 1. The zero-order valence-electron chi connectivity index (χ0n) is 29.0.